The van der Waals surface area contributed by atoms with E-state index in [9.17, 15) is 14.7 Å². The number of carbonyl (C=O) groups is 2. The van der Waals surface area contributed by atoms with Gasteiger partial charge >= 0.3 is 12.0 Å². The van der Waals surface area contributed by atoms with Crippen molar-refractivity contribution >= 4 is 29.3 Å². The minimum absolute atomic E-state index is 0.215. The predicted molar refractivity (Wildman–Crippen MR) is 101 cm³/mol. The summed E-state index contributed by atoms with van der Waals surface area (Å²) >= 11 is 5.80. The third-order valence-electron chi connectivity index (χ3n) is 3.60. The van der Waals surface area contributed by atoms with E-state index < -0.39 is 12.1 Å². The van der Waals surface area contributed by atoms with Crippen molar-refractivity contribution in [2.45, 2.75) is 19.4 Å². The fourth-order valence-corrected chi connectivity index (χ4v) is 2.45. The standard InChI is InChI=1S/C19H21ClN2O4/c1-2-26-18(24)14-5-3-13(4-6-14)11-17(12-23)22-19(25)21-16-9-7-15(20)8-10-16/h3-10,17,23H,2,11-12H2,1H3,(H2,21,22,25). The summed E-state index contributed by atoms with van der Waals surface area (Å²) in [5, 5.41) is 15.5. The normalized spacial score (nSPS) is 11.5. The smallest absolute Gasteiger partial charge is 0.338 e. The molecule has 0 heterocycles. The van der Waals surface area contributed by atoms with Crippen molar-refractivity contribution in [3.05, 3.63) is 64.7 Å². The first-order valence-electron chi connectivity index (χ1n) is 8.21. The molecule has 0 radical (unpaired) electrons. The van der Waals surface area contributed by atoms with E-state index in [0.29, 0.717) is 29.3 Å². The molecule has 2 aromatic rings. The number of carbonyl (C=O) groups excluding carboxylic acids is 2. The Morgan fingerprint density at radius 3 is 2.35 bits per heavy atom. The maximum Gasteiger partial charge on any atom is 0.338 e. The van der Waals surface area contributed by atoms with Gasteiger partial charge in [-0.3, -0.25) is 0 Å². The first-order valence-corrected chi connectivity index (χ1v) is 8.59. The number of nitrogens with one attached hydrogen (secondary N) is 2. The first kappa shape index (κ1) is 19.8. The van der Waals surface area contributed by atoms with E-state index in [1.165, 1.54) is 0 Å². The van der Waals surface area contributed by atoms with E-state index in [-0.39, 0.29) is 12.6 Å². The number of benzene rings is 2. The summed E-state index contributed by atoms with van der Waals surface area (Å²) in [7, 11) is 0. The molecule has 0 aliphatic heterocycles. The van der Waals surface area contributed by atoms with Gasteiger partial charge in [0.15, 0.2) is 0 Å². The minimum atomic E-state index is -0.462. The zero-order chi connectivity index (χ0) is 18.9. The highest BCUT2D eigenvalue weighted by molar-refractivity contribution is 6.30. The maximum absolute atomic E-state index is 12.0. The summed E-state index contributed by atoms with van der Waals surface area (Å²) < 4.78 is 4.93. The highest BCUT2D eigenvalue weighted by Gasteiger charge is 2.13. The number of halogens is 1. The van der Waals surface area contributed by atoms with E-state index >= 15 is 0 Å². The summed E-state index contributed by atoms with van der Waals surface area (Å²) in [4.78, 5) is 23.7. The predicted octanol–water partition coefficient (Wildman–Crippen LogP) is 3.24. The van der Waals surface area contributed by atoms with Gasteiger partial charge in [-0.15, -0.1) is 0 Å². The van der Waals surface area contributed by atoms with Crippen LogP contribution in [0, 0.1) is 0 Å². The zero-order valence-electron chi connectivity index (χ0n) is 14.4. The lowest BCUT2D eigenvalue weighted by Crippen LogP contribution is -2.41. The van der Waals surface area contributed by atoms with Crippen molar-refractivity contribution in [2.24, 2.45) is 0 Å². The van der Waals surface area contributed by atoms with Crippen molar-refractivity contribution in [2.75, 3.05) is 18.5 Å². The highest BCUT2D eigenvalue weighted by Crippen LogP contribution is 2.13. The van der Waals surface area contributed by atoms with Crippen LogP contribution in [0.5, 0.6) is 0 Å². The van der Waals surface area contributed by atoms with Crippen LogP contribution < -0.4 is 10.6 Å². The van der Waals surface area contributed by atoms with Gasteiger partial charge in [-0.2, -0.15) is 0 Å². The molecule has 0 spiro atoms. The Morgan fingerprint density at radius 1 is 1.12 bits per heavy atom. The molecule has 26 heavy (non-hydrogen) atoms. The zero-order valence-corrected chi connectivity index (χ0v) is 15.1. The molecular formula is C19H21ClN2O4. The fraction of sp³-hybridized carbons (Fsp3) is 0.263. The van der Waals surface area contributed by atoms with Crippen LogP contribution in [0.15, 0.2) is 48.5 Å². The molecule has 1 unspecified atom stereocenters. The van der Waals surface area contributed by atoms with Gasteiger partial charge in [0.25, 0.3) is 0 Å². The molecule has 1 atom stereocenters. The van der Waals surface area contributed by atoms with E-state index in [1.54, 1.807) is 55.5 Å². The van der Waals surface area contributed by atoms with Gasteiger partial charge in [-0.1, -0.05) is 23.7 Å². The van der Waals surface area contributed by atoms with Gasteiger partial charge in [-0.25, -0.2) is 9.59 Å². The lowest BCUT2D eigenvalue weighted by molar-refractivity contribution is 0.0526. The molecule has 0 saturated carbocycles. The molecule has 6 nitrogen and oxygen atoms in total. The molecule has 138 valence electrons. The molecule has 0 saturated heterocycles. The molecule has 7 heteroatoms. The third kappa shape index (κ3) is 6.06. The second-order valence-electron chi connectivity index (χ2n) is 5.61. The van der Waals surface area contributed by atoms with Crippen molar-refractivity contribution in [1.82, 2.24) is 5.32 Å². The largest absolute Gasteiger partial charge is 0.462 e. The molecule has 2 amide bonds. The summed E-state index contributed by atoms with van der Waals surface area (Å²) in [5.41, 5.74) is 1.94. The number of anilines is 1. The van der Waals surface area contributed by atoms with E-state index in [1.807, 2.05) is 0 Å². The van der Waals surface area contributed by atoms with Crippen LogP contribution >= 0.6 is 11.6 Å². The molecule has 3 N–H and O–H groups in total. The Hall–Kier alpha value is -2.57. The number of aliphatic hydroxyl groups excluding tert-OH is 1. The number of ether oxygens (including phenoxy) is 1. The van der Waals surface area contributed by atoms with Gasteiger partial charge in [0.05, 0.1) is 24.8 Å². The summed E-state index contributed by atoms with van der Waals surface area (Å²) in [6, 6.07) is 12.7. The Bertz CT molecular complexity index is 732. The molecule has 2 rings (SSSR count). The monoisotopic (exact) mass is 376 g/mol. The number of amides is 2. The average molecular weight is 377 g/mol. The van der Waals surface area contributed by atoms with Crippen LogP contribution in [0.1, 0.15) is 22.8 Å². The van der Waals surface area contributed by atoms with Crippen LogP contribution in [0.25, 0.3) is 0 Å². The number of hydrogen-bond acceptors (Lipinski definition) is 4. The molecule has 2 aromatic carbocycles. The van der Waals surface area contributed by atoms with Gasteiger partial charge in [-0.05, 0) is 55.3 Å². The Morgan fingerprint density at radius 2 is 1.77 bits per heavy atom. The van der Waals surface area contributed by atoms with Crippen LogP contribution in [-0.2, 0) is 11.2 Å². The second-order valence-corrected chi connectivity index (χ2v) is 6.04. The Kier molecular flexibility index (Phi) is 7.44. The van der Waals surface area contributed by atoms with E-state index in [2.05, 4.69) is 10.6 Å². The van der Waals surface area contributed by atoms with Crippen LogP contribution in [-0.4, -0.2) is 36.4 Å². The lowest BCUT2D eigenvalue weighted by atomic mass is 10.0. The van der Waals surface area contributed by atoms with Gasteiger partial charge in [0.1, 0.15) is 0 Å². The molecule has 0 fully saturated rings. The van der Waals surface area contributed by atoms with Crippen molar-refractivity contribution in [1.29, 1.82) is 0 Å². The lowest BCUT2D eigenvalue weighted by Gasteiger charge is -2.17. The highest BCUT2D eigenvalue weighted by atomic mass is 35.5. The van der Waals surface area contributed by atoms with Crippen molar-refractivity contribution < 1.29 is 19.4 Å². The van der Waals surface area contributed by atoms with E-state index in [4.69, 9.17) is 16.3 Å². The summed E-state index contributed by atoms with van der Waals surface area (Å²) in [6.07, 6.45) is 0.424. The van der Waals surface area contributed by atoms with Crippen LogP contribution in [0.2, 0.25) is 5.02 Å². The minimum Gasteiger partial charge on any atom is -0.462 e. The van der Waals surface area contributed by atoms with Gasteiger partial charge in [0, 0.05) is 10.7 Å². The Labute approximate surface area is 157 Å². The van der Waals surface area contributed by atoms with Crippen molar-refractivity contribution in [3.63, 3.8) is 0 Å². The van der Waals surface area contributed by atoms with Crippen LogP contribution in [0.4, 0.5) is 10.5 Å². The molecule has 0 aromatic heterocycles. The summed E-state index contributed by atoms with van der Waals surface area (Å²) in [5.74, 6) is -0.377. The SMILES string of the molecule is CCOC(=O)c1ccc(CC(CO)NC(=O)Nc2ccc(Cl)cc2)cc1. The molecule has 0 aliphatic rings. The molecule has 0 aliphatic carbocycles. The summed E-state index contributed by atoms with van der Waals surface area (Å²) in [6.45, 7) is 1.85. The second kappa shape index (κ2) is 9.79. The Balaban J connectivity index is 1.90. The number of rotatable bonds is 7. The number of aliphatic hydroxyl groups is 1. The third-order valence-corrected chi connectivity index (χ3v) is 3.86. The number of urea groups is 1. The van der Waals surface area contributed by atoms with E-state index in [0.717, 1.165) is 5.56 Å². The maximum atomic E-state index is 12.0. The van der Waals surface area contributed by atoms with Crippen LogP contribution in [0.3, 0.4) is 0 Å². The van der Waals surface area contributed by atoms with Gasteiger partial charge in [0.2, 0.25) is 0 Å². The average Bonchev–Trinajstić information content (AvgIpc) is 2.64. The molecular weight excluding hydrogens is 356 g/mol. The quantitative estimate of drug-likeness (QED) is 0.647. The van der Waals surface area contributed by atoms with Gasteiger partial charge < -0.3 is 20.5 Å². The topological polar surface area (TPSA) is 87.7 Å². The number of hydrogen-bond donors (Lipinski definition) is 3. The van der Waals surface area contributed by atoms with Crippen molar-refractivity contribution in [3.8, 4) is 0 Å². The number of esters is 1. The molecule has 0 bridgehead atoms. The first-order chi connectivity index (χ1) is 12.5. The fourth-order valence-electron chi connectivity index (χ4n) is 2.32.